The molecule has 0 N–H and O–H groups in total. The fourth-order valence-corrected chi connectivity index (χ4v) is 2.66. The van der Waals surface area contributed by atoms with Crippen molar-refractivity contribution >= 4 is 0 Å². The Balaban J connectivity index is 3.03. The van der Waals surface area contributed by atoms with Crippen LogP contribution in [-0.2, 0) is 0 Å². The van der Waals surface area contributed by atoms with Gasteiger partial charge in [0.2, 0.25) is 0 Å². The van der Waals surface area contributed by atoms with Crippen molar-refractivity contribution in [3.05, 3.63) is 12.3 Å². The number of rotatable bonds is 0. The molecule has 0 saturated carbocycles. The van der Waals surface area contributed by atoms with Crippen molar-refractivity contribution in [3.63, 3.8) is 0 Å². The van der Waals surface area contributed by atoms with Crippen LogP contribution in [0.2, 0.25) is 0 Å². The van der Waals surface area contributed by atoms with E-state index in [0.29, 0.717) is 11.5 Å². The third kappa shape index (κ3) is 3.48. The van der Waals surface area contributed by atoms with Gasteiger partial charge in [-0.1, -0.05) is 27.4 Å². The van der Waals surface area contributed by atoms with E-state index >= 15 is 0 Å². The summed E-state index contributed by atoms with van der Waals surface area (Å²) in [5.41, 5.74) is 1.76. The molecule has 1 unspecified atom stereocenters. The molecule has 2 heteroatoms. The summed E-state index contributed by atoms with van der Waals surface area (Å²) in [6, 6.07) is 0.615. The van der Waals surface area contributed by atoms with Gasteiger partial charge >= 0.3 is 0 Å². The van der Waals surface area contributed by atoms with Crippen molar-refractivity contribution in [2.75, 3.05) is 20.1 Å². The van der Waals surface area contributed by atoms with Gasteiger partial charge in [0.15, 0.2) is 0 Å². The number of likely N-dealkylation sites (N-methyl/N-ethyl adjacent to an activating group) is 1. The van der Waals surface area contributed by atoms with Crippen LogP contribution in [0.25, 0.3) is 0 Å². The predicted octanol–water partition coefficient (Wildman–Crippen LogP) is 3.35. The molecule has 17 heavy (non-hydrogen) atoms. The Morgan fingerprint density at radius 1 is 1.12 bits per heavy atom. The van der Waals surface area contributed by atoms with Gasteiger partial charge < -0.3 is 4.90 Å². The Kier molecular flexibility index (Phi) is 3.97. The first kappa shape index (κ1) is 14.6. The SMILES string of the molecule is C=C1CN(C(C)(C)C)C(C(C)(C)C)CCN1C. The lowest BCUT2D eigenvalue weighted by Gasteiger charge is -2.46. The van der Waals surface area contributed by atoms with Gasteiger partial charge in [-0.3, -0.25) is 4.90 Å². The summed E-state index contributed by atoms with van der Waals surface area (Å²) in [5, 5.41) is 0. The van der Waals surface area contributed by atoms with Gasteiger partial charge in [-0.2, -0.15) is 0 Å². The highest BCUT2D eigenvalue weighted by Crippen LogP contribution is 2.34. The molecule has 1 aliphatic heterocycles. The van der Waals surface area contributed by atoms with E-state index in [2.05, 4.69) is 65.0 Å². The van der Waals surface area contributed by atoms with E-state index in [-0.39, 0.29) is 5.54 Å². The van der Waals surface area contributed by atoms with Crippen molar-refractivity contribution in [1.82, 2.24) is 9.80 Å². The minimum Gasteiger partial charge on any atom is -0.377 e. The second kappa shape index (κ2) is 4.64. The van der Waals surface area contributed by atoms with E-state index in [1.807, 2.05) is 0 Å². The second-order valence-electron chi connectivity index (χ2n) is 7.46. The molecular formula is C15H30N2. The molecular weight excluding hydrogens is 208 g/mol. The zero-order valence-corrected chi connectivity index (χ0v) is 12.8. The van der Waals surface area contributed by atoms with Crippen LogP contribution in [0.15, 0.2) is 12.3 Å². The number of nitrogens with zero attached hydrogens (tertiary/aromatic N) is 2. The van der Waals surface area contributed by atoms with Crippen LogP contribution >= 0.6 is 0 Å². The van der Waals surface area contributed by atoms with Gasteiger partial charge in [0.1, 0.15) is 0 Å². The molecule has 0 aromatic heterocycles. The Morgan fingerprint density at radius 3 is 2.06 bits per heavy atom. The van der Waals surface area contributed by atoms with Crippen LogP contribution in [0.1, 0.15) is 48.0 Å². The average molecular weight is 238 g/mol. The highest BCUT2D eigenvalue weighted by Gasteiger charge is 2.38. The third-order valence-electron chi connectivity index (χ3n) is 3.87. The summed E-state index contributed by atoms with van der Waals surface area (Å²) < 4.78 is 0. The van der Waals surface area contributed by atoms with Crippen molar-refractivity contribution in [3.8, 4) is 0 Å². The number of hydrogen-bond donors (Lipinski definition) is 0. The van der Waals surface area contributed by atoms with E-state index < -0.39 is 0 Å². The minimum atomic E-state index is 0.200. The van der Waals surface area contributed by atoms with Gasteiger partial charge in [-0.05, 0) is 32.6 Å². The molecule has 1 aliphatic rings. The van der Waals surface area contributed by atoms with Gasteiger partial charge in [-0.25, -0.2) is 0 Å². The van der Waals surface area contributed by atoms with Crippen molar-refractivity contribution in [1.29, 1.82) is 0 Å². The molecule has 1 heterocycles. The maximum atomic E-state index is 4.22. The van der Waals surface area contributed by atoms with Gasteiger partial charge in [0.25, 0.3) is 0 Å². The molecule has 0 aromatic rings. The molecule has 0 radical (unpaired) electrons. The van der Waals surface area contributed by atoms with E-state index in [1.165, 1.54) is 12.1 Å². The Hall–Kier alpha value is -0.500. The maximum absolute atomic E-state index is 4.22. The van der Waals surface area contributed by atoms with Crippen LogP contribution in [0.3, 0.4) is 0 Å². The first-order valence-corrected chi connectivity index (χ1v) is 6.69. The van der Waals surface area contributed by atoms with Gasteiger partial charge in [0, 0.05) is 37.4 Å². The first-order valence-electron chi connectivity index (χ1n) is 6.69. The predicted molar refractivity (Wildman–Crippen MR) is 76.1 cm³/mol. The minimum absolute atomic E-state index is 0.200. The molecule has 0 spiro atoms. The third-order valence-corrected chi connectivity index (χ3v) is 3.87. The van der Waals surface area contributed by atoms with Crippen LogP contribution in [0.5, 0.6) is 0 Å². The molecule has 1 fully saturated rings. The highest BCUT2D eigenvalue weighted by atomic mass is 15.3. The highest BCUT2D eigenvalue weighted by molar-refractivity contribution is 5.04. The van der Waals surface area contributed by atoms with E-state index in [0.717, 1.165) is 13.1 Å². The molecule has 0 aromatic carbocycles. The van der Waals surface area contributed by atoms with E-state index in [1.54, 1.807) is 0 Å². The van der Waals surface area contributed by atoms with E-state index in [9.17, 15) is 0 Å². The molecule has 1 rings (SSSR count). The van der Waals surface area contributed by atoms with Crippen molar-refractivity contribution < 1.29 is 0 Å². The summed E-state index contributed by atoms with van der Waals surface area (Å²) in [7, 11) is 2.16. The molecule has 1 atom stereocenters. The first-order chi connectivity index (χ1) is 7.53. The van der Waals surface area contributed by atoms with Crippen LogP contribution in [-0.4, -0.2) is 41.5 Å². The van der Waals surface area contributed by atoms with Gasteiger partial charge in [-0.15, -0.1) is 0 Å². The Labute approximate surface area is 108 Å². The monoisotopic (exact) mass is 238 g/mol. The van der Waals surface area contributed by atoms with Crippen LogP contribution in [0.4, 0.5) is 0 Å². The second-order valence-corrected chi connectivity index (χ2v) is 7.46. The molecule has 1 saturated heterocycles. The lowest BCUT2D eigenvalue weighted by atomic mass is 9.81. The number of hydrogen-bond acceptors (Lipinski definition) is 2. The zero-order chi connectivity index (χ0) is 13.4. The lowest BCUT2D eigenvalue weighted by Crippen LogP contribution is -2.53. The maximum Gasteiger partial charge on any atom is 0.0386 e. The summed E-state index contributed by atoms with van der Waals surface area (Å²) in [6.45, 7) is 20.3. The normalized spacial score (nSPS) is 25.0. The summed E-state index contributed by atoms with van der Waals surface area (Å²) in [6.07, 6.45) is 1.22. The topological polar surface area (TPSA) is 6.48 Å². The smallest absolute Gasteiger partial charge is 0.0386 e. The summed E-state index contributed by atoms with van der Waals surface area (Å²) in [4.78, 5) is 4.93. The lowest BCUT2D eigenvalue weighted by molar-refractivity contribution is 0.0322. The van der Waals surface area contributed by atoms with Crippen LogP contribution < -0.4 is 0 Å². The van der Waals surface area contributed by atoms with Crippen molar-refractivity contribution in [2.24, 2.45) is 5.41 Å². The van der Waals surface area contributed by atoms with E-state index in [4.69, 9.17) is 0 Å². The van der Waals surface area contributed by atoms with Crippen LogP contribution in [0, 0.1) is 5.41 Å². The zero-order valence-electron chi connectivity index (χ0n) is 12.8. The summed E-state index contributed by atoms with van der Waals surface area (Å²) in [5.74, 6) is 0. The quantitative estimate of drug-likeness (QED) is 0.638. The standard InChI is InChI=1S/C15H30N2/c1-12-11-17(15(5,6)7)13(14(2,3)4)9-10-16(12)8/h13H,1,9-11H2,2-8H3. The fourth-order valence-electron chi connectivity index (χ4n) is 2.66. The molecule has 0 bridgehead atoms. The fraction of sp³-hybridized carbons (Fsp3) is 0.867. The Morgan fingerprint density at radius 2 is 1.65 bits per heavy atom. The van der Waals surface area contributed by atoms with Crippen molar-refractivity contribution in [2.45, 2.75) is 59.5 Å². The summed E-state index contributed by atoms with van der Waals surface area (Å²) >= 11 is 0. The molecule has 0 amide bonds. The molecule has 2 nitrogen and oxygen atoms in total. The average Bonchev–Trinajstić information content (AvgIpc) is 2.25. The Bertz CT molecular complexity index is 280. The van der Waals surface area contributed by atoms with Gasteiger partial charge in [0.05, 0.1) is 0 Å². The largest absolute Gasteiger partial charge is 0.377 e. The molecule has 100 valence electrons. The molecule has 0 aliphatic carbocycles.